The summed E-state index contributed by atoms with van der Waals surface area (Å²) in [6.45, 7) is 2.14. The molecule has 0 spiro atoms. The minimum Gasteiger partial charge on any atom is -0.485 e. The number of carbonyl (C=O) groups is 1. The SMILES string of the molecule is Cc1nc2c(OCc3c(Cl)ccc(S(=O)(=O)N4CCC[C@H]4C(=O)NCc4ccc(C(=N)N)cc4)c3Cl)cccn2c1Br.Cl. The van der Waals surface area contributed by atoms with Gasteiger partial charge in [-0.2, -0.15) is 4.31 Å². The molecule has 228 valence electrons. The summed E-state index contributed by atoms with van der Waals surface area (Å²) in [5.74, 6) is 0.0141. The molecule has 0 radical (unpaired) electrons. The van der Waals surface area contributed by atoms with Crippen molar-refractivity contribution in [1.82, 2.24) is 19.0 Å². The van der Waals surface area contributed by atoms with Crippen molar-refractivity contribution in [3.8, 4) is 5.75 Å². The third-order valence-electron chi connectivity index (χ3n) is 7.06. The average molecular weight is 731 g/mol. The summed E-state index contributed by atoms with van der Waals surface area (Å²) >= 11 is 16.6. The van der Waals surface area contributed by atoms with E-state index >= 15 is 0 Å². The number of imidazole rings is 1. The number of benzene rings is 2. The Kier molecular flexibility index (Phi) is 10.3. The Morgan fingerprint density at radius 1 is 1.21 bits per heavy atom. The Labute approximate surface area is 273 Å². The van der Waals surface area contributed by atoms with Crippen molar-refractivity contribution in [3.05, 3.63) is 91.8 Å². The number of rotatable bonds is 9. The highest BCUT2D eigenvalue weighted by Crippen LogP contribution is 2.36. The molecule has 5 rings (SSSR count). The molecule has 2 aromatic carbocycles. The monoisotopic (exact) mass is 728 g/mol. The molecule has 1 saturated heterocycles. The number of ether oxygens (including phenoxy) is 1. The predicted molar refractivity (Wildman–Crippen MR) is 172 cm³/mol. The van der Waals surface area contributed by atoms with Crippen LogP contribution in [0.5, 0.6) is 5.75 Å². The number of nitrogen functional groups attached to an aromatic ring is 1. The van der Waals surface area contributed by atoms with E-state index < -0.39 is 22.0 Å². The first-order chi connectivity index (χ1) is 20.0. The topological polar surface area (TPSA) is 143 Å². The summed E-state index contributed by atoms with van der Waals surface area (Å²) in [5, 5.41) is 10.5. The summed E-state index contributed by atoms with van der Waals surface area (Å²) in [5.41, 5.74) is 8.53. The molecule has 1 aliphatic heterocycles. The Hall–Kier alpha value is -2.87. The number of fused-ring (bicyclic) bond motifs is 1. The zero-order valence-electron chi connectivity index (χ0n) is 22.8. The van der Waals surface area contributed by atoms with Crippen molar-refractivity contribution in [1.29, 1.82) is 5.41 Å². The van der Waals surface area contributed by atoms with Crippen LogP contribution in [0, 0.1) is 12.3 Å². The van der Waals surface area contributed by atoms with Crippen molar-refractivity contribution in [2.24, 2.45) is 5.73 Å². The van der Waals surface area contributed by atoms with Gasteiger partial charge in [-0.3, -0.25) is 14.6 Å². The maximum absolute atomic E-state index is 13.8. The number of nitrogens with two attached hydrogens (primary N) is 1. The molecule has 4 aromatic rings. The van der Waals surface area contributed by atoms with Crippen LogP contribution < -0.4 is 15.8 Å². The standard InChI is InChI=1S/C28H27BrCl2N6O4S.ClH/c1-16-25(29)36-12-3-5-22(27(36)35-16)41-15-19-20(30)10-11-23(24(19)31)42(39,40)37-13-2-4-21(37)28(38)34-14-17-6-8-18(9-7-17)26(32)33;/h3,5-12,21H,2,4,13-15H2,1H3,(H3,32,33)(H,34,38);1H/t21-;/m0./s1. The summed E-state index contributed by atoms with van der Waals surface area (Å²) < 4.78 is 37.5. The zero-order chi connectivity index (χ0) is 30.2. The van der Waals surface area contributed by atoms with Gasteiger partial charge in [0, 0.05) is 35.4 Å². The Balaban J connectivity index is 0.00000423. The highest BCUT2D eigenvalue weighted by Gasteiger charge is 2.40. The second-order valence-electron chi connectivity index (χ2n) is 9.78. The van der Waals surface area contributed by atoms with Crippen LogP contribution in [0.2, 0.25) is 10.0 Å². The first kappa shape index (κ1) is 33.0. The van der Waals surface area contributed by atoms with Crippen molar-refractivity contribution in [2.75, 3.05) is 6.54 Å². The van der Waals surface area contributed by atoms with Gasteiger partial charge in [0.05, 0.1) is 10.7 Å². The number of sulfonamides is 1. The van der Waals surface area contributed by atoms with E-state index in [1.54, 1.807) is 36.4 Å². The van der Waals surface area contributed by atoms with Gasteiger partial charge in [0.2, 0.25) is 15.9 Å². The van der Waals surface area contributed by atoms with Crippen LogP contribution in [0.25, 0.3) is 5.65 Å². The number of hydrogen-bond donors (Lipinski definition) is 3. The molecule has 1 aliphatic rings. The summed E-state index contributed by atoms with van der Waals surface area (Å²) in [4.78, 5) is 17.5. The second kappa shape index (κ2) is 13.4. The molecule has 1 amide bonds. The average Bonchev–Trinajstić information content (AvgIpc) is 3.57. The fraction of sp³-hybridized carbons (Fsp3) is 0.250. The van der Waals surface area contributed by atoms with E-state index in [4.69, 9.17) is 39.1 Å². The Morgan fingerprint density at radius 3 is 2.63 bits per heavy atom. The number of amides is 1. The lowest BCUT2D eigenvalue weighted by molar-refractivity contribution is -0.124. The van der Waals surface area contributed by atoms with Gasteiger partial charge < -0.3 is 15.8 Å². The van der Waals surface area contributed by atoms with Crippen molar-refractivity contribution >= 4 is 79.0 Å². The smallest absolute Gasteiger partial charge is 0.245 e. The van der Waals surface area contributed by atoms with Gasteiger partial charge in [-0.05, 0) is 65.5 Å². The summed E-state index contributed by atoms with van der Waals surface area (Å²) in [6.07, 6.45) is 2.74. The minimum absolute atomic E-state index is 0. The molecule has 0 bridgehead atoms. The quantitative estimate of drug-likeness (QED) is 0.154. The van der Waals surface area contributed by atoms with Gasteiger partial charge in [0.25, 0.3) is 0 Å². The van der Waals surface area contributed by atoms with E-state index in [2.05, 4.69) is 26.2 Å². The largest absolute Gasteiger partial charge is 0.485 e. The number of carbonyl (C=O) groups excluding carboxylic acids is 1. The molecule has 2 aromatic heterocycles. The molecule has 0 aliphatic carbocycles. The molecule has 0 unspecified atom stereocenters. The van der Waals surface area contributed by atoms with Crippen LogP contribution in [-0.4, -0.2) is 46.4 Å². The van der Waals surface area contributed by atoms with E-state index in [0.29, 0.717) is 35.4 Å². The molecule has 43 heavy (non-hydrogen) atoms. The van der Waals surface area contributed by atoms with Gasteiger partial charge in [-0.15, -0.1) is 12.4 Å². The number of hydrogen-bond acceptors (Lipinski definition) is 6. The first-order valence-electron chi connectivity index (χ1n) is 12.9. The Bertz CT molecular complexity index is 1800. The lowest BCUT2D eigenvalue weighted by Crippen LogP contribution is -2.45. The van der Waals surface area contributed by atoms with Crippen molar-refractivity contribution < 1.29 is 17.9 Å². The van der Waals surface area contributed by atoms with E-state index in [0.717, 1.165) is 15.9 Å². The van der Waals surface area contributed by atoms with Gasteiger partial charge in [-0.25, -0.2) is 13.4 Å². The van der Waals surface area contributed by atoms with Crippen molar-refractivity contribution in [2.45, 2.75) is 43.9 Å². The van der Waals surface area contributed by atoms with Gasteiger partial charge in [0.1, 0.15) is 28.0 Å². The van der Waals surface area contributed by atoms with Crippen LogP contribution in [0.4, 0.5) is 0 Å². The minimum atomic E-state index is -4.15. The zero-order valence-corrected chi connectivity index (χ0v) is 27.5. The van der Waals surface area contributed by atoms with Crippen LogP contribution in [0.15, 0.2) is 64.2 Å². The molecule has 1 atom stereocenters. The number of aryl methyl sites for hydroxylation is 1. The van der Waals surface area contributed by atoms with Crippen LogP contribution in [-0.2, 0) is 28.0 Å². The maximum Gasteiger partial charge on any atom is 0.245 e. The van der Waals surface area contributed by atoms with E-state index in [1.165, 1.54) is 16.4 Å². The van der Waals surface area contributed by atoms with Crippen molar-refractivity contribution in [3.63, 3.8) is 0 Å². The van der Waals surface area contributed by atoms with E-state index in [-0.39, 0.29) is 52.9 Å². The molecule has 1 fully saturated rings. The molecule has 10 nitrogen and oxygen atoms in total. The summed E-state index contributed by atoms with van der Waals surface area (Å²) in [7, 11) is -4.15. The number of pyridine rings is 1. The van der Waals surface area contributed by atoms with Gasteiger partial charge >= 0.3 is 0 Å². The Morgan fingerprint density at radius 2 is 1.93 bits per heavy atom. The number of amidine groups is 1. The number of nitrogens with one attached hydrogen (secondary N) is 2. The first-order valence-corrected chi connectivity index (χ1v) is 15.9. The highest BCUT2D eigenvalue weighted by atomic mass is 79.9. The third-order valence-corrected chi connectivity index (χ3v) is 10.9. The maximum atomic E-state index is 13.8. The molecule has 0 saturated carbocycles. The number of aromatic nitrogens is 2. The molecular weight excluding hydrogens is 703 g/mol. The third kappa shape index (κ3) is 6.64. The van der Waals surface area contributed by atoms with Gasteiger partial charge in [0.15, 0.2) is 11.4 Å². The van der Waals surface area contributed by atoms with E-state index in [1.807, 2.05) is 17.5 Å². The molecular formula is C28H28BrCl3N6O4S. The fourth-order valence-electron chi connectivity index (χ4n) is 4.82. The molecule has 3 heterocycles. The lowest BCUT2D eigenvalue weighted by atomic mass is 10.1. The molecule has 4 N–H and O–H groups in total. The van der Waals surface area contributed by atoms with E-state index in [9.17, 15) is 13.2 Å². The second-order valence-corrected chi connectivity index (χ2v) is 13.2. The van der Waals surface area contributed by atoms with Gasteiger partial charge in [-0.1, -0.05) is 47.5 Å². The summed E-state index contributed by atoms with van der Waals surface area (Å²) in [6, 6.07) is 12.4. The molecule has 15 heteroatoms. The number of halogens is 4. The predicted octanol–water partition coefficient (Wildman–Crippen LogP) is 5.47. The van der Waals surface area contributed by atoms with Crippen LogP contribution in [0.3, 0.4) is 0 Å². The van der Waals surface area contributed by atoms with Crippen LogP contribution in [0.1, 0.15) is 35.2 Å². The normalized spacial score (nSPS) is 15.3. The number of nitrogens with zero attached hydrogens (tertiary/aromatic N) is 3. The van der Waals surface area contributed by atoms with Crippen LogP contribution >= 0.6 is 51.5 Å². The lowest BCUT2D eigenvalue weighted by Gasteiger charge is -2.24. The highest BCUT2D eigenvalue weighted by molar-refractivity contribution is 9.10. The fourth-order valence-corrected chi connectivity index (χ4v) is 7.72.